The Labute approximate surface area is 171 Å². The molecular formula is C22H17N3O5. The van der Waals surface area contributed by atoms with Crippen molar-refractivity contribution in [3.05, 3.63) is 70.3 Å². The maximum atomic E-state index is 12.6. The van der Waals surface area contributed by atoms with Crippen LogP contribution in [-0.4, -0.2) is 28.7 Å². The van der Waals surface area contributed by atoms with Gasteiger partial charge in [0.25, 0.3) is 5.56 Å². The highest BCUT2D eigenvalue weighted by Gasteiger charge is 2.13. The summed E-state index contributed by atoms with van der Waals surface area (Å²) in [5.74, 6) is 0.897. The zero-order chi connectivity index (χ0) is 20.9. The van der Waals surface area contributed by atoms with Gasteiger partial charge in [-0.2, -0.15) is 5.26 Å². The lowest BCUT2D eigenvalue weighted by Crippen LogP contribution is -2.26. The number of nitrogens with zero attached hydrogens (tertiary/aromatic N) is 3. The van der Waals surface area contributed by atoms with E-state index in [-0.39, 0.29) is 24.5 Å². The molecule has 1 aromatic heterocycles. The Kier molecular flexibility index (Phi) is 5.44. The van der Waals surface area contributed by atoms with Crippen LogP contribution >= 0.6 is 0 Å². The Balaban J connectivity index is 1.49. The molecule has 0 fully saturated rings. The van der Waals surface area contributed by atoms with E-state index in [0.29, 0.717) is 35.6 Å². The lowest BCUT2D eigenvalue weighted by Gasteiger charge is -2.18. The molecule has 4 rings (SSSR count). The molecule has 0 atom stereocenters. The standard InChI is InChI=1S/C22H17N3O5/c23-9-10-25-20(24-17-4-2-1-3-16(17)22(25)27)14-30-21(26)8-6-15-5-7-18-19(13-15)29-12-11-28-18/h1-8,13H,10-12,14H2/b8-6+. The van der Waals surface area contributed by atoms with Crippen molar-refractivity contribution < 1.29 is 19.0 Å². The van der Waals surface area contributed by atoms with E-state index in [4.69, 9.17) is 19.5 Å². The molecule has 1 aliphatic rings. The first-order chi connectivity index (χ1) is 14.7. The summed E-state index contributed by atoms with van der Waals surface area (Å²) in [4.78, 5) is 29.1. The summed E-state index contributed by atoms with van der Waals surface area (Å²) in [6.07, 6.45) is 2.87. The SMILES string of the molecule is N#CCn1c(COC(=O)/C=C/c2ccc3c(c2)OCCO3)nc2ccccc2c1=O. The second kappa shape index (κ2) is 8.49. The fourth-order valence-corrected chi connectivity index (χ4v) is 3.07. The van der Waals surface area contributed by atoms with E-state index in [1.807, 2.05) is 6.07 Å². The van der Waals surface area contributed by atoms with E-state index in [2.05, 4.69) is 4.98 Å². The Morgan fingerprint density at radius 3 is 2.83 bits per heavy atom. The van der Waals surface area contributed by atoms with E-state index in [0.717, 1.165) is 5.56 Å². The fraction of sp³-hybridized carbons (Fsp3) is 0.182. The summed E-state index contributed by atoms with van der Waals surface area (Å²) in [5, 5.41) is 9.44. The minimum atomic E-state index is -0.601. The Morgan fingerprint density at radius 2 is 2.00 bits per heavy atom. The highest BCUT2D eigenvalue weighted by molar-refractivity contribution is 5.87. The predicted molar refractivity (Wildman–Crippen MR) is 108 cm³/mol. The molecule has 0 aliphatic carbocycles. The van der Waals surface area contributed by atoms with Gasteiger partial charge in [-0.3, -0.25) is 9.36 Å². The van der Waals surface area contributed by atoms with Crippen molar-refractivity contribution in [2.24, 2.45) is 0 Å². The van der Waals surface area contributed by atoms with Crippen LogP contribution in [0, 0.1) is 11.3 Å². The first-order valence-electron chi connectivity index (χ1n) is 9.25. The van der Waals surface area contributed by atoms with Crippen molar-refractivity contribution in [2.75, 3.05) is 13.2 Å². The monoisotopic (exact) mass is 403 g/mol. The quantitative estimate of drug-likeness (QED) is 0.476. The Bertz CT molecular complexity index is 1240. The van der Waals surface area contributed by atoms with Crippen LogP contribution in [0.1, 0.15) is 11.4 Å². The normalized spacial score (nSPS) is 12.6. The van der Waals surface area contributed by atoms with Gasteiger partial charge in [0.2, 0.25) is 0 Å². The van der Waals surface area contributed by atoms with Crippen LogP contribution in [0.15, 0.2) is 53.3 Å². The average molecular weight is 403 g/mol. The van der Waals surface area contributed by atoms with Gasteiger partial charge in [0.05, 0.1) is 17.0 Å². The Morgan fingerprint density at radius 1 is 1.20 bits per heavy atom. The van der Waals surface area contributed by atoms with Gasteiger partial charge in [0.1, 0.15) is 26.4 Å². The van der Waals surface area contributed by atoms with Crippen LogP contribution in [0.4, 0.5) is 0 Å². The first-order valence-corrected chi connectivity index (χ1v) is 9.25. The average Bonchev–Trinajstić information content (AvgIpc) is 2.78. The molecule has 0 unspecified atom stereocenters. The van der Waals surface area contributed by atoms with Gasteiger partial charge in [-0.25, -0.2) is 9.78 Å². The smallest absolute Gasteiger partial charge is 0.331 e. The minimum Gasteiger partial charge on any atom is -0.486 e. The number of rotatable bonds is 5. The lowest BCUT2D eigenvalue weighted by molar-refractivity contribution is -0.139. The fourth-order valence-electron chi connectivity index (χ4n) is 3.07. The molecule has 2 aromatic carbocycles. The summed E-state index contributed by atoms with van der Waals surface area (Å²) in [7, 11) is 0. The van der Waals surface area contributed by atoms with Crippen LogP contribution in [0.3, 0.4) is 0 Å². The molecule has 1 aliphatic heterocycles. The number of hydrogen-bond donors (Lipinski definition) is 0. The van der Waals surface area contributed by atoms with Gasteiger partial charge in [-0.15, -0.1) is 0 Å². The van der Waals surface area contributed by atoms with Crippen molar-refractivity contribution in [3.8, 4) is 17.6 Å². The molecule has 0 spiro atoms. The van der Waals surface area contributed by atoms with Crippen LogP contribution in [0.25, 0.3) is 17.0 Å². The number of benzene rings is 2. The number of fused-ring (bicyclic) bond motifs is 2. The summed E-state index contributed by atoms with van der Waals surface area (Å²) in [5.41, 5.74) is 0.885. The summed E-state index contributed by atoms with van der Waals surface area (Å²) in [6, 6.07) is 14.1. The molecule has 3 aromatic rings. The van der Waals surface area contributed by atoms with Crippen molar-refractivity contribution in [1.29, 1.82) is 5.26 Å². The number of nitriles is 1. The molecule has 0 N–H and O–H groups in total. The van der Waals surface area contributed by atoms with E-state index in [1.165, 1.54) is 10.6 Å². The predicted octanol–water partition coefficient (Wildman–Crippen LogP) is 2.45. The highest BCUT2D eigenvalue weighted by atomic mass is 16.6. The lowest BCUT2D eigenvalue weighted by atomic mass is 10.2. The number of carbonyl (C=O) groups is 1. The van der Waals surface area contributed by atoms with E-state index in [1.54, 1.807) is 48.5 Å². The molecule has 0 radical (unpaired) electrons. The zero-order valence-corrected chi connectivity index (χ0v) is 15.9. The third-order valence-corrected chi connectivity index (χ3v) is 4.49. The molecular weight excluding hydrogens is 386 g/mol. The Hall–Kier alpha value is -4.12. The molecule has 8 heteroatoms. The maximum Gasteiger partial charge on any atom is 0.331 e. The van der Waals surface area contributed by atoms with Crippen molar-refractivity contribution in [2.45, 2.75) is 13.2 Å². The number of ether oxygens (including phenoxy) is 3. The van der Waals surface area contributed by atoms with Crippen molar-refractivity contribution in [1.82, 2.24) is 9.55 Å². The van der Waals surface area contributed by atoms with Gasteiger partial charge in [0.15, 0.2) is 17.3 Å². The number of hydrogen-bond acceptors (Lipinski definition) is 7. The van der Waals surface area contributed by atoms with E-state index in [9.17, 15) is 9.59 Å². The maximum absolute atomic E-state index is 12.6. The topological polar surface area (TPSA) is 103 Å². The number of carbonyl (C=O) groups excluding carboxylic acids is 1. The van der Waals surface area contributed by atoms with Gasteiger partial charge >= 0.3 is 5.97 Å². The zero-order valence-electron chi connectivity index (χ0n) is 15.9. The number of para-hydroxylation sites is 1. The van der Waals surface area contributed by atoms with Gasteiger partial charge in [-0.1, -0.05) is 18.2 Å². The molecule has 0 bridgehead atoms. The van der Waals surface area contributed by atoms with Gasteiger partial charge in [0, 0.05) is 6.08 Å². The molecule has 2 heterocycles. The first kappa shape index (κ1) is 19.2. The van der Waals surface area contributed by atoms with Crippen molar-refractivity contribution in [3.63, 3.8) is 0 Å². The number of esters is 1. The molecule has 0 saturated heterocycles. The number of aromatic nitrogens is 2. The molecule has 0 saturated carbocycles. The summed E-state index contributed by atoms with van der Waals surface area (Å²) < 4.78 is 17.4. The van der Waals surface area contributed by atoms with Crippen LogP contribution in [-0.2, 0) is 22.7 Å². The molecule has 30 heavy (non-hydrogen) atoms. The van der Waals surface area contributed by atoms with Gasteiger partial charge in [-0.05, 0) is 35.9 Å². The van der Waals surface area contributed by atoms with E-state index >= 15 is 0 Å². The summed E-state index contributed by atoms with van der Waals surface area (Å²) in [6.45, 7) is 0.572. The summed E-state index contributed by atoms with van der Waals surface area (Å²) >= 11 is 0. The van der Waals surface area contributed by atoms with Crippen LogP contribution in [0.2, 0.25) is 0 Å². The van der Waals surface area contributed by atoms with Crippen LogP contribution in [0.5, 0.6) is 11.5 Å². The molecule has 0 amide bonds. The van der Waals surface area contributed by atoms with Crippen LogP contribution < -0.4 is 15.0 Å². The van der Waals surface area contributed by atoms with Gasteiger partial charge < -0.3 is 14.2 Å². The van der Waals surface area contributed by atoms with Crippen molar-refractivity contribution >= 4 is 22.9 Å². The molecule has 150 valence electrons. The third-order valence-electron chi connectivity index (χ3n) is 4.49. The minimum absolute atomic E-state index is 0.184. The second-order valence-corrected chi connectivity index (χ2v) is 6.44. The molecule has 8 nitrogen and oxygen atoms in total. The second-order valence-electron chi connectivity index (χ2n) is 6.44. The highest BCUT2D eigenvalue weighted by Crippen LogP contribution is 2.31. The third kappa shape index (κ3) is 4.00. The largest absolute Gasteiger partial charge is 0.486 e. The van der Waals surface area contributed by atoms with E-state index < -0.39 is 5.97 Å².